The molecule has 2 nitrogen and oxygen atoms in total. The van der Waals surface area contributed by atoms with E-state index in [4.69, 9.17) is 0 Å². The molecule has 0 heterocycles. The molecule has 0 unspecified atom stereocenters. The maximum Gasteiger partial charge on any atom is 0.119 e. The average Bonchev–Trinajstić information content (AvgIpc) is 2.30. The van der Waals surface area contributed by atoms with E-state index in [1.165, 1.54) is 0 Å². The van der Waals surface area contributed by atoms with Crippen molar-refractivity contribution in [3.63, 3.8) is 0 Å². The lowest BCUT2D eigenvalue weighted by Crippen LogP contribution is -1.87. The second-order valence-electron chi connectivity index (χ2n) is 3.52. The first-order chi connectivity index (χ1) is 7.33. The SMILES string of the molecule is CCc1c(O)cccc1-c1ccccc1.N. The van der Waals surface area contributed by atoms with Gasteiger partial charge in [0.1, 0.15) is 5.75 Å². The fourth-order valence-corrected chi connectivity index (χ4v) is 1.83. The molecule has 0 spiro atoms. The molecule has 0 amide bonds. The first-order valence-electron chi connectivity index (χ1n) is 5.19. The van der Waals surface area contributed by atoms with Crippen molar-refractivity contribution in [3.05, 3.63) is 54.1 Å². The first kappa shape index (κ1) is 12.3. The molecule has 0 radical (unpaired) electrons. The van der Waals surface area contributed by atoms with Crippen LogP contribution < -0.4 is 6.15 Å². The highest BCUT2D eigenvalue weighted by Gasteiger charge is 2.06. The number of phenols is 1. The predicted octanol–water partition coefficient (Wildman–Crippen LogP) is 3.78. The Kier molecular flexibility index (Phi) is 4.09. The lowest BCUT2D eigenvalue weighted by molar-refractivity contribution is 0.469. The maximum atomic E-state index is 9.75. The average molecular weight is 215 g/mol. The van der Waals surface area contributed by atoms with Gasteiger partial charge in [-0.25, -0.2) is 0 Å². The molecular formula is C14H17NO. The van der Waals surface area contributed by atoms with Crippen LogP contribution in [-0.4, -0.2) is 5.11 Å². The minimum atomic E-state index is 0. The quantitative estimate of drug-likeness (QED) is 0.800. The zero-order chi connectivity index (χ0) is 10.7. The van der Waals surface area contributed by atoms with Crippen molar-refractivity contribution in [2.24, 2.45) is 0 Å². The highest BCUT2D eigenvalue weighted by molar-refractivity contribution is 5.69. The van der Waals surface area contributed by atoms with E-state index in [1.54, 1.807) is 6.07 Å². The van der Waals surface area contributed by atoms with E-state index >= 15 is 0 Å². The largest absolute Gasteiger partial charge is 0.508 e. The molecule has 0 aromatic heterocycles. The molecule has 4 N–H and O–H groups in total. The third-order valence-electron chi connectivity index (χ3n) is 2.59. The third kappa shape index (κ3) is 2.23. The van der Waals surface area contributed by atoms with Crippen molar-refractivity contribution in [3.8, 4) is 16.9 Å². The Balaban J connectivity index is 0.00000128. The summed E-state index contributed by atoms with van der Waals surface area (Å²) in [6.07, 6.45) is 0.844. The summed E-state index contributed by atoms with van der Waals surface area (Å²) in [4.78, 5) is 0. The van der Waals surface area contributed by atoms with Gasteiger partial charge in [0.25, 0.3) is 0 Å². The number of hydrogen-bond donors (Lipinski definition) is 2. The summed E-state index contributed by atoms with van der Waals surface area (Å²) in [5.74, 6) is 0.388. The van der Waals surface area contributed by atoms with Crippen LogP contribution in [0.3, 0.4) is 0 Å². The molecule has 2 heteroatoms. The predicted molar refractivity (Wildman–Crippen MR) is 67.9 cm³/mol. The monoisotopic (exact) mass is 215 g/mol. The fraction of sp³-hybridized carbons (Fsp3) is 0.143. The van der Waals surface area contributed by atoms with Crippen molar-refractivity contribution in [2.45, 2.75) is 13.3 Å². The smallest absolute Gasteiger partial charge is 0.119 e. The molecule has 0 fully saturated rings. The van der Waals surface area contributed by atoms with E-state index < -0.39 is 0 Å². The molecule has 0 saturated carbocycles. The summed E-state index contributed by atoms with van der Waals surface area (Å²) in [6.45, 7) is 2.06. The van der Waals surface area contributed by atoms with Crippen molar-refractivity contribution < 1.29 is 5.11 Å². The topological polar surface area (TPSA) is 55.2 Å². The Hall–Kier alpha value is -1.80. The van der Waals surface area contributed by atoms with Crippen LogP contribution >= 0.6 is 0 Å². The molecular weight excluding hydrogens is 198 g/mol. The van der Waals surface area contributed by atoms with E-state index in [-0.39, 0.29) is 6.15 Å². The molecule has 16 heavy (non-hydrogen) atoms. The molecule has 0 aliphatic heterocycles. The summed E-state index contributed by atoms with van der Waals surface area (Å²) >= 11 is 0. The Morgan fingerprint density at radius 3 is 2.25 bits per heavy atom. The third-order valence-corrected chi connectivity index (χ3v) is 2.59. The van der Waals surface area contributed by atoms with Crippen molar-refractivity contribution in [2.75, 3.05) is 0 Å². The van der Waals surface area contributed by atoms with Gasteiger partial charge in [0.15, 0.2) is 0 Å². The van der Waals surface area contributed by atoms with Crippen LogP contribution in [0.1, 0.15) is 12.5 Å². The molecule has 2 rings (SSSR count). The van der Waals surface area contributed by atoms with Gasteiger partial charge in [-0.3, -0.25) is 0 Å². The number of phenolic OH excluding ortho intramolecular Hbond substituents is 1. The van der Waals surface area contributed by atoms with E-state index in [2.05, 4.69) is 19.1 Å². The van der Waals surface area contributed by atoms with Crippen LogP contribution in [0.2, 0.25) is 0 Å². The van der Waals surface area contributed by atoms with Crippen LogP contribution in [0.25, 0.3) is 11.1 Å². The number of aromatic hydroxyl groups is 1. The summed E-state index contributed by atoms with van der Waals surface area (Å²) in [5, 5.41) is 9.75. The number of hydrogen-bond acceptors (Lipinski definition) is 2. The highest BCUT2D eigenvalue weighted by atomic mass is 16.3. The second-order valence-corrected chi connectivity index (χ2v) is 3.52. The summed E-state index contributed by atoms with van der Waals surface area (Å²) < 4.78 is 0. The number of benzene rings is 2. The maximum absolute atomic E-state index is 9.75. The minimum Gasteiger partial charge on any atom is -0.508 e. The van der Waals surface area contributed by atoms with Gasteiger partial charge >= 0.3 is 0 Å². The Labute approximate surface area is 96.1 Å². The summed E-state index contributed by atoms with van der Waals surface area (Å²) in [5.41, 5.74) is 3.30. The van der Waals surface area contributed by atoms with Gasteiger partial charge in [0.05, 0.1) is 0 Å². The summed E-state index contributed by atoms with van der Waals surface area (Å²) in [7, 11) is 0. The number of rotatable bonds is 2. The van der Waals surface area contributed by atoms with Crippen LogP contribution in [0.5, 0.6) is 5.75 Å². The lowest BCUT2D eigenvalue weighted by Gasteiger charge is -2.09. The minimum absolute atomic E-state index is 0. The Morgan fingerprint density at radius 2 is 1.62 bits per heavy atom. The van der Waals surface area contributed by atoms with Crippen LogP contribution in [0.4, 0.5) is 0 Å². The molecule has 0 saturated heterocycles. The van der Waals surface area contributed by atoms with Crippen LogP contribution in [0.15, 0.2) is 48.5 Å². The van der Waals surface area contributed by atoms with E-state index in [9.17, 15) is 5.11 Å². The molecule has 2 aromatic rings. The zero-order valence-corrected chi connectivity index (χ0v) is 9.48. The molecule has 0 aliphatic rings. The highest BCUT2D eigenvalue weighted by Crippen LogP contribution is 2.29. The van der Waals surface area contributed by atoms with Gasteiger partial charge < -0.3 is 11.3 Å². The Morgan fingerprint density at radius 1 is 0.938 bits per heavy atom. The van der Waals surface area contributed by atoms with Gasteiger partial charge in [0.2, 0.25) is 0 Å². The van der Waals surface area contributed by atoms with Gasteiger partial charge in [-0.15, -0.1) is 0 Å². The van der Waals surface area contributed by atoms with Crippen LogP contribution in [-0.2, 0) is 6.42 Å². The van der Waals surface area contributed by atoms with Crippen LogP contribution in [0, 0.1) is 0 Å². The van der Waals surface area contributed by atoms with Gasteiger partial charge in [-0.05, 0) is 23.6 Å². The lowest BCUT2D eigenvalue weighted by atomic mass is 9.97. The van der Waals surface area contributed by atoms with Crippen molar-refractivity contribution in [1.29, 1.82) is 0 Å². The molecule has 84 valence electrons. The van der Waals surface area contributed by atoms with Crippen molar-refractivity contribution >= 4 is 0 Å². The second kappa shape index (κ2) is 5.33. The molecule has 0 aliphatic carbocycles. The normalized spacial score (nSPS) is 9.56. The molecule has 0 atom stereocenters. The van der Waals surface area contributed by atoms with Crippen molar-refractivity contribution in [1.82, 2.24) is 6.15 Å². The standard InChI is InChI=1S/C14H14O.H3N/c1-2-12-13(9-6-10-14(12)15)11-7-4-3-5-8-11;/h3-10,15H,2H2,1H3;1H3. The van der Waals surface area contributed by atoms with Gasteiger partial charge in [-0.1, -0.05) is 49.4 Å². The fourth-order valence-electron chi connectivity index (χ4n) is 1.83. The van der Waals surface area contributed by atoms with Gasteiger partial charge in [-0.2, -0.15) is 0 Å². The van der Waals surface area contributed by atoms with Gasteiger partial charge in [0, 0.05) is 5.56 Å². The zero-order valence-electron chi connectivity index (χ0n) is 9.48. The molecule has 0 bridgehead atoms. The summed E-state index contributed by atoms with van der Waals surface area (Å²) in [6, 6.07) is 15.8. The van der Waals surface area contributed by atoms with E-state index in [0.717, 1.165) is 23.1 Å². The molecule has 2 aromatic carbocycles. The van der Waals surface area contributed by atoms with E-state index in [0.29, 0.717) is 5.75 Å². The Bertz CT molecular complexity index is 452. The van der Waals surface area contributed by atoms with E-state index in [1.807, 2.05) is 30.3 Å². The first-order valence-corrected chi connectivity index (χ1v) is 5.19.